The number of halogens is 1. The van der Waals surface area contributed by atoms with Gasteiger partial charge in [0.05, 0.1) is 19.3 Å². The maximum absolute atomic E-state index is 13.8. The molecule has 2 saturated heterocycles. The lowest BCUT2D eigenvalue weighted by Gasteiger charge is -2.32. The molecular weight excluding hydrogens is 309 g/mol. The fraction of sp³-hybridized carbons (Fsp3) is 0.684. The molecule has 1 aromatic rings. The summed E-state index contributed by atoms with van der Waals surface area (Å²) < 4.78 is 30.9. The predicted octanol–water partition coefficient (Wildman–Crippen LogP) is 3.21. The Balaban J connectivity index is 1.50. The van der Waals surface area contributed by atoms with Gasteiger partial charge in [0.15, 0.2) is 0 Å². The Morgan fingerprint density at radius 2 is 2.08 bits per heavy atom. The largest absolute Gasteiger partial charge is 0.496 e. The highest BCUT2D eigenvalue weighted by Gasteiger charge is 2.44. The quantitative estimate of drug-likeness (QED) is 0.897. The SMILES string of the molecule is COc1ccc(F)cc1C(NC1COC2(CCOCC2)C1)C1CC1. The molecule has 0 amide bonds. The number of ether oxygens (including phenoxy) is 3. The van der Waals surface area contributed by atoms with E-state index in [4.69, 9.17) is 14.2 Å². The van der Waals surface area contributed by atoms with Crippen molar-refractivity contribution in [3.05, 3.63) is 29.6 Å². The standard InChI is InChI=1S/C19H26FNO3/c1-22-17-5-4-14(20)10-16(17)18(13-2-3-13)21-15-11-19(24-12-15)6-8-23-9-7-19/h4-5,10,13,15,18,21H,2-3,6-9,11-12H2,1H3. The maximum Gasteiger partial charge on any atom is 0.123 e. The van der Waals surface area contributed by atoms with Crippen molar-refractivity contribution in [3.8, 4) is 5.75 Å². The highest BCUT2D eigenvalue weighted by Crippen LogP contribution is 2.45. The van der Waals surface area contributed by atoms with Crippen LogP contribution in [0, 0.1) is 11.7 Å². The second-order valence-electron chi connectivity index (χ2n) is 7.38. The third kappa shape index (κ3) is 3.30. The summed E-state index contributed by atoms with van der Waals surface area (Å²) in [6.07, 6.45) is 5.33. The van der Waals surface area contributed by atoms with Gasteiger partial charge in [-0.15, -0.1) is 0 Å². The Morgan fingerprint density at radius 3 is 2.79 bits per heavy atom. The molecular formula is C19H26FNO3. The Kier molecular flexibility index (Phi) is 4.50. The molecule has 24 heavy (non-hydrogen) atoms. The molecule has 4 nitrogen and oxygen atoms in total. The van der Waals surface area contributed by atoms with Gasteiger partial charge in [-0.25, -0.2) is 4.39 Å². The van der Waals surface area contributed by atoms with E-state index in [1.54, 1.807) is 19.2 Å². The summed E-state index contributed by atoms with van der Waals surface area (Å²) in [7, 11) is 1.65. The van der Waals surface area contributed by atoms with Gasteiger partial charge in [-0.2, -0.15) is 0 Å². The van der Waals surface area contributed by atoms with Crippen molar-refractivity contribution in [1.82, 2.24) is 5.32 Å². The van der Waals surface area contributed by atoms with Crippen LogP contribution in [0.1, 0.15) is 43.7 Å². The maximum atomic E-state index is 13.8. The average Bonchev–Trinajstić information content (AvgIpc) is 3.37. The van der Waals surface area contributed by atoms with Gasteiger partial charge in [-0.05, 0) is 56.2 Å². The van der Waals surface area contributed by atoms with Crippen molar-refractivity contribution >= 4 is 0 Å². The van der Waals surface area contributed by atoms with Crippen LogP contribution in [0.3, 0.4) is 0 Å². The molecule has 2 heterocycles. The number of benzene rings is 1. The zero-order valence-corrected chi connectivity index (χ0v) is 14.2. The molecule has 1 N–H and O–H groups in total. The number of methoxy groups -OCH3 is 1. The zero-order chi connectivity index (χ0) is 16.6. The molecule has 0 bridgehead atoms. The van der Waals surface area contributed by atoms with Gasteiger partial charge in [0.2, 0.25) is 0 Å². The lowest BCUT2D eigenvalue weighted by Crippen LogP contribution is -2.38. The first kappa shape index (κ1) is 16.3. The van der Waals surface area contributed by atoms with Crippen molar-refractivity contribution in [3.63, 3.8) is 0 Å². The van der Waals surface area contributed by atoms with Gasteiger partial charge in [0.1, 0.15) is 11.6 Å². The lowest BCUT2D eigenvalue weighted by atomic mass is 9.89. The molecule has 1 spiro atoms. The summed E-state index contributed by atoms with van der Waals surface area (Å²) in [6.45, 7) is 2.30. The molecule has 2 atom stereocenters. The first-order valence-electron chi connectivity index (χ1n) is 9.00. The van der Waals surface area contributed by atoms with Crippen LogP contribution in [0.2, 0.25) is 0 Å². The van der Waals surface area contributed by atoms with Crippen LogP contribution in [0.25, 0.3) is 0 Å². The van der Waals surface area contributed by atoms with Crippen LogP contribution in [-0.4, -0.2) is 38.6 Å². The molecule has 1 saturated carbocycles. The van der Waals surface area contributed by atoms with Crippen molar-refractivity contribution < 1.29 is 18.6 Å². The third-order valence-electron chi connectivity index (χ3n) is 5.65. The summed E-state index contributed by atoms with van der Waals surface area (Å²) >= 11 is 0. The first-order chi connectivity index (χ1) is 11.7. The van der Waals surface area contributed by atoms with E-state index in [1.165, 1.54) is 18.9 Å². The smallest absolute Gasteiger partial charge is 0.123 e. The molecule has 0 radical (unpaired) electrons. The minimum Gasteiger partial charge on any atom is -0.496 e. The second kappa shape index (κ2) is 6.62. The normalized spacial score (nSPS) is 27.3. The molecule has 1 aliphatic carbocycles. The minimum absolute atomic E-state index is 0.0178. The van der Waals surface area contributed by atoms with E-state index in [2.05, 4.69) is 5.32 Å². The van der Waals surface area contributed by atoms with Gasteiger partial charge in [0, 0.05) is 30.9 Å². The Hall–Kier alpha value is -1.17. The van der Waals surface area contributed by atoms with Crippen LogP contribution in [0.5, 0.6) is 5.75 Å². The zero-order valence-electron chi connectivity index (χ0n) is 14.2. The molecule has 1 aromatic carbocycles. The highest BCUT2D eigenvalue weighted by atomic mass is 19.1. The lowest BCUT2D eigenvalue weighted by molar-refractivity contribution is -0.0777. The monoisotopic (exact) mass is 335 g/mol. The van der Waals surface area contributed by atoms with E-state index in [9.17, 15) is 4.39 Å². The van der Waals surface area contributed by atoms with Crippen LogP contribution in [-0.2, 0) is 9.47 Å². The van der Waals surface area contributed by atoms with E-state index in [0.717, 1.165) is 50.4 Å². The molecule has 132 valence electrons. The molecule has 2 unspecified atom stereocenters. The number of hydrogen-bond acceptors (Lipinski definition) is 4. The summed E-state index contributed by atoms with van der Waals surface area (Å²) in [5, 5.41) is 3.76. The van der Waals surface area contributed by atoms with Crippen molar-refractivity contribution in [2.24, 2.45) is 5.92 Å². The van der Waals surface area contributed by atoms with Crippen LogP contribution >= 0.6 is 0 Å². The summed E-state index contributed by atoms with van der Waals surface area (Å²) in [5.74, 6) is 1.12. The summed E-state index contributed by atoms with van der Waals surface area (Å²) in [4.78, 5) is 0. The van der Waals surface area contributed by atoms with Gasteiger partial charge >= 0.3 is 0 Å². The number of rotatable bonds is 5. The molecule has 5 heteroatoms. The van der Waals surface area contributed by atoms with Crippen molar-refractivity contribution in [2.45, 2.75) is 49.8 Å². The third-order valence-corrected chi connectivity index (χ3v) is 5.65. The second-order valence-corrected chi connectivity index (χ2v) is 7.38. The Morgan fingerprint density at radius 1 is 1.29 bits per heavy atom. The molecule has 4 rings (SSSR count). The number of nitrogens with one attached hydrogen (secondary N) is 1. The van der Waals surface area contributed by atoms with Crippen LogP contribution < -0.4 is 10.1 Å². The van der Waals surface area contributed by atoms with Crippen LogP contribution in [0.15, 0.2) is 18.2 Å². The van der Waals surface area contributed by atoms with Gasteiger partial charge < -0.3 is 19.5 Å². The van der Waals surface area contributed by atoms with Gasteiger partial charge in [-0.1, -0.05) is 0 Å². The average molecular weight is 335 g/mol. The van der Waals surface area contributed by atoms with Crippen molar-refractivity contribution in [2.75, 3.05) is 26.9 Å². The summed E-state index contributed by atoms with van der Waals surface area (Å²) in [5.41, 5.74) is 0.920. The van der Waals surface area contributed by atoms with E-state index in [1.807, 2.05) is 0 Å². The Bertz CT molecular complexity index is 584. The summed E-state index contributed by atoms with van der Waals surface area (Å²) in [6, 6.07) is 5.25. The Labute approximate surface area is 142 Å². The van der Waals surface area contributed by atoms with E-state index in [0.29, 0.717) is 12.0 Å². The van der Waals surface area contributed by atoms with Gasteiger partial charge in [-0.3, -0.25) is 0 Å². The first-order valence-corrected chi connectivity index (χ1v) is 9.00. The molecule has 3 aliphatic rings. The van der Waals surface area contributed by atoms with Crippen molar-refractivity contribution in [1.29, 1.82) is 0 Å². The van der Waals surface area contributed by atoms with E-state index >= 15 is 0 Å². The van der Waals surface area contributed by atoms with E-state index in [-0.39, 0.29) is 17.5 Å². The fourth-order valence-electron chi connectivity index (χ4n) is 4.15. The molecule has 2 aliphatic heterocycles. The fourth-order valence-corrected chi connectivity index (χ4v) is 4.15. The van der Waals surface area contributed by atoms with E-state index < -0.39 is 0 Å². The highest BCUT2D eigenvalue weighted by molar-refractivity contribution is 5.37. The molecule has 3 fully saturated rings. The topological polar surface area (TPSA) is 39.7 Å². The number of hydrogen-bond donors (Lipinski definition) is 1. The molecule has 0 aromatic heterocycles. The predicted molar refractivity (Wildman–Crippen MR) is 88.7 cm³/mol. The van der Waals surface area contributed by atoms with Gasteiger partial charge in [0.25, 0.3) is 0 Å². The minimum atomic E-state index is -0.207. The van der Waals surface area contributed by atoms with Crippen LogP contribution in [0.4, 0.5) is 4.39 Å².